The summed E-state index contributed by atoms with van der Waals surface area (Å²) in [5.74, 6) is -0.257. The van der Waals surface area contributed by atoms with Crippen LogP contribution in [-0.2, 0) is 4.79 Å². The van der Waals surface area contributed by atoms with Crippen LogP contribution in [0.4, 0.5) is 0 Å². The van der Waals surface area contributed by atoms with Gasteiger partial charge in [0.2, 0.25) is 5.91 Å². The minimum absolute atomic E-state index is 0. The Kier molecular flexibility index (Phi) is 4.10. The van der Waals surface area contributed by atoms with E-state index in [0.717, 1.165) is 0 Å². The van der Waals surface area contributed by atoms with Crippen LogP contribution in [-0.4, -0.2) is 5.91 Å². The predicted octanol–water partition coefficient (Wildman–Crippen LogP) is 0.576. The third-order valence-corrected chi connectivity index (χ3v) is 0.739. The van der Waals surface area contributed by atoms with Crippen LogP contribution in [0.15, 0.2) is 0 Å². The third kappa shape index (κ3) is 4.07. The van der Waals surface area contributed by atoms with Crippen molar-refractivity contribution in [1.29, 1.82) is 0 Å². The maximum Gasteiger partial charge on any atom is 0.222 e. The second kappa shape index (κ2) is 3.03. The molecule has 0 bridgehead atoms. The van der Waals surface area contributed by atoms with Crippen molar-refractivity contribution in [1.82, 2.24) is 0 Å². The molecule has 0 aromatic heterocycles. The van der Waals surface area contributed by atoms with Gasteiger partial charge in [-0.25, -0.2) is 0 Å². The fourth-order valence-electron chi connectivity index (χ4n) is 0. The molecule has 0 aliphatic heterocycles. The van der Waals surface area contributed by atoms with Gasteiger partial charge in [-0.15, -0.1) is 0 Å². The summed E-state index contributed by atoms with van der Waals surface area (Å²) in [7, 11) is 0. The van der Waals surface area contributed by atoms with E-state index < -0.39 is 0 Å². The van der Waals surface area contributed by atoms with E-state index in [2.05, 4.69) is 0 Å². The largest absolute Gasteiger partial charge is 0.369 e. The molecule has 0 aromatic rings. The van der Waals surface area contributed by atoms with Crippen molar-refractivity contribution in [2.75, 3.05) is 0 Å². The number of carbonyl (C=O) groups excluding carboxylic acids is 1. The van der Waals surface area contributed by atoms with Crippen LogP contribution in [0.5, 0.6) is 0 Å². The van der Waals surface area contributed by atoms with Crippen molar-refractivity contribution in [3.05, 3.63) is 0 Å². The highest BCUT2D eigenvalue weighted by Gasteiger charge is 2.16. The van der Waals surface area contributed by atoms with Gasteiger partial charge in [0.15, 0.2) is 0 Å². The molecule has 3 heteroatoms. The zero-order valence-corrected chi connectivity index (χ0v) is 7.11. The Morgan fingerprint density at radius 2 is 1.50 bits per heavy atom. The molecular weight excluding hydrogens is 121 g/mol. The molecule has 0 radical (unpaired) electrons. The Morgan fingerprint density at radius 1 is 1.38 bits per heavy atom. The van der Waals surface area contributed by atoms with Gasteiger partial charge in [-0.1, -0.05) is 20.8 Å². The van der Waals surface area contributed by atoms with Crippen LogP contribution in [0.1, 0.15) is 20.8 Å². The molecule has 0 saturated carbocycles. The molecule has 0 spiro atoms. The molecule has 1 atom stereocenters. The van der Waals surface area contributed by atoms with Crippen molar-refractivity contribution >= 4 is 15.8 Å². The smallest absolute Gasteiger partial charge is 0.222 e. The molecule has 0 heterocycles. The Labute approximate surface area is 53.5 Å². The lowest BCUT2D eigenvalue weighted by molar-refractivity contribution is -0.125. The monoisotopic (exact) mass is 135 g/mol. The highest BCUT2D eigenvalue weighted by atomic mass is 31.0. The summed E-state index contributed by atoms with van der Waals surface area (Å²) in [5.41, 5.74) is 4.57. The summed E-state index contributed by atoms with van der Waals surface area (Å²) in [6, 6.07) is 0. The molecule has 0 aliphatic carbocycles. The van der Waals surface area contributed by atoms with Crippen molar-refractivity contribution in [2.24, 2.45) is 11.1 Å². The molecule has 0 aromatic carbocycles. The summed E-state index contributed by atoms with van der Waals surface area (Å²) in [4.78, 5) is 10.2. The molecule has 0 fully saturated rings. The van der Waals surface area contributed by atoms with E-state index in [0.29, 0.717) is 0 Å². The Balaban J connectivity index is 0. The summed E-state index contributed by atoms with van der Waals surface area (Å²) in [6.07, 6.45) is 0. The Hall–Kier alpha value is -0.100. The number of primary amides is 1. The number of hydrogen-bond donors (Lipinski definition) is 1. The molecule has 50 valence electrons. The summed E-state index contributed by atoms with van der Waals surface area (Å²) in [5, 5.41) is 0. The number of amides is 1. The van der Waals surface area contributed by atoms with Crippen LogP contribution in [0, 0.1) is 5.41 Å². The van der Waals surface area contributed by atoms with Gasteiger partial charge >= 0.3 is 0 Å². The Bertz CT molecular complexity index is 84.9. The molecule has 8 heavy (non-hydrogen) atoms. The van der Waals surface area contributed by atoms with E-state index in [4.69, 9.17) is 5.73 Å². The van der Waals surface area contributed by atoms with Gasteiger partial charge in [0, 0.05) is 5.41 Å². The van der Waals surface area contributed by atoms with Gasteiger partial charge in [0.05, 0.1) is 0 Å². The average Bonchev–Trinajstić information content (AvgIpc) is 1.31. The van der Waals surface area contributed by atoms with Gasteiger partial charge in [0.1, 0.15) is 0 Å². The quantitative estimate of drug-likeness (QED) is 0.485. The van der Waals surface area contributed by atoms with Crippen molar-refractivity contribution in [3.8, 4) is 0 Å². The number of nitrogens with two attached hydrogens (primary N) is 1. The Morgan fingerprint density at radius 3 is 1.50 bits per heavy atom. The number of carbonyl (C=O) groups is 1. The summed E-state index contributed by atoms with van der Waals surface area (Å²) < 4.78 is 0. The number of rotatable bonds is 0. The predicted molar refractivity (Wildman–Crippen MR) is 39.8 cm³/mol. The van der Waals surface area contributed by atoms with Crippen molar-refractivity contribution in [3.63, 3.8) is 0 Å². The topological polar surface area (TPSA) is 43.1 Å². The van der Waals surface area contributed by atoms with E-state index in [1.165, 1.54) is 0 Å². The maximum atomic E-state index is 10.2. The first-order valence-electron chi connectivity index (χ1n) is 2.24. The average molecular weight is 135 g/mol. The van der Waals surface area contributed by atoms with Crippen LogP contribution in [0.2, 0.25) is 0 Å². The lowest BCUT2D eigenvalue weighted by atomic mass is 9.96. The second-order valence-electron chi connectivity index (χ2n) is 2.61. The molecule has 0 rings (SSSR count). The van der Waals surface area contributed by atoms with E-state index in [-0.39, 0.29) is 21.2 Å². The van der Waals surface area contributed by atoms with Gasteiger partial charge in [0.25, 0.3) is 0 Å². The lowest BCUT2D eigenvalue weighted by Crippen LogP contribution is -2.27. The van der Waals surface area contributed by atoms with Crippen LogP contribution >= 0.6 is 9.90 Å². The molecule has 2 N–H and O–H groups in total. The lowest BCUT2D eigenvalue weighted by Gasteiger charge is -2.10. The zero-order chi connectivity index (χ0) is 6.08. The third-order valence-electron chi connectivity index (χ3n) is 0.739. The molecular formula is C5H14NOP. The van der Waals surface area contributed by atoms with Crippen LogP contribution < -0.4 is 5.73 Å². The maximum absolute atomic E-state index is 10.2. The van der Waals surface area contributed by atoms with E-state index >= 15 is 0 Å². The van der Waals surface area contributed by atoms with Crippen LogP contribution in [0.3, 0.4) is 0 Å². The van der Waals surface area contributed by atoms with Crippen molar-refractivity contribution in [2.45, 2.75) is 20.8 Å². The van der Waals surface area contributed by atoms with Gasteiger partial charge in [-0.3, -0.25) is 4.79 Å². The minimum Gasteiger partial charge on any atom is -0.369 e. The fourth-order valence-corrected chi connectivity index (χ4v) is 0. The first kappa shape index (κ1) is 10.8. The molecule has 0 aliphatic rings. The standard InChI is InChI=1S/C5H11NO.H3P/c1-5(2,3)4(6)7;/h1-3H3,(H2,6,7);1H3. The molecule has 1 unspecified atom stereocenters. The highest BCUT2D eigenvalue weighted by molar-refractivity contribution is 6.92. The number of hydrogen-bond acceptors (Lipinski definition) is 1. The summed E-state index contributed by atoms with van der Waals surface area (Å²) in [6.45, 7) is 5.36. The zero-order valence-electron chi connectivity index (χ0n) is 5.69. The van der Waals surface area contributed by atoms with E-state index in [9.17, 15) is 4.79 Å². The SMILES string of the molecule is CC(C)(C)C(N)=O.P. The molecule has 1 amide bonds. The van der Waals surface area contributed by atoms with E-state index in [1.807, 2.05) is 0 Å². The normalized spacial score (nSPS) is 9.88. The van der Waals surface area contributed by atoms with Gasteiger partial charge in [-0.2, -0.15) is 9.90 Å². The van der Waals surface area contributed by atoms with Gasteiger partial charge in [-0.05, 0) is 0 Å². The highest BCUT2D eigenvalue weighted by Crippen LogP contribution is 2.09. The van der Waals surface area contributed by atoms with Crippen molar-refractivity contribution < 1.29 is 4.79 Å². The van der Waals surface area contributed by atoms with Gasteiger partial charge < -0.3 is 5.73 Å². The molecule has 0 saturated heterocycles. The first-order chi connectivity index (χ1) is 2.94. The first-order valence-corrected chi connectivity index (χ1v) is 2.24. The van der Waals surface area contributed by atoms with Crippen LogP contribution in [0.25, 0.3) is 0 Å². The molecule has 2 nitrogen and oxygen atoms in total. The minimum atomic E-state index is -0.361. The fraction of sp³-hybridized carbons (Fsp3) is 0.800. The second-order valence-corrected chi connectivity index (χ2v) is 2.61. The summed E-state index contributed by atoms with van der Waals surface area (Å²) >= 11 is 0. The van der Waals surface area contributed by atoms with E-state index in [1.54, 1.807) is 20.8 Å².